The van der Waals surface area contributed by atoms with E-state index in [0.717, 1.165) is 0 Å². The standard InChI is InChI=1S/C6H10O2.H2O/c1-3-5-8-6(7)4-2;/h3H,1,4-5H2,2H3;1H2. The zero-order chi connectivity index (χ0) is 6.41. The van der Waals surface area contributed by atoms with Gasteiger partial charge in [-0.2, -0.15) is 0 Å². The predicted octanol–water partition coefficient (Wildman–Crippen LogP) is 0.301. The van der Waals surface area contributed by atoms with E-state index >= 15 is 0 Å². The Kier molecular flexibility index (Phi) is 8.79. The van der Waals surface area contributed by atoms with Gasteiger partial charge in [0, 0.05) is 6.42 Å². The van der Waals surface area contributed by atoms with Gasteiger partial charge >= 0.3 is 5.97 Å². The molecule has 0 radical (unpaired) electrons. The summed E-state index contributed by atoms with van der Waals surface area (Å²) < 4.78 is 4.58. The molecule has 3 heteroatoms. The Morgan fingerprint density at radius 3 is 2.67 bits per heavy atom. The molecule has 54 valence electrons. The van der Waals surface area contributed by atoms with Crippen molar-refractivity contribution in [3.8, 4) is 0 Å². The van der Waals surface area contributed by atoms with Gasteiger partial charge in [-0.05, 0) is 0 Å². The smallest absolute Gasteiger partial charge is 0.305 e. The second-order valence-electron chi connectivity index (χ2n) is 1.33. The van der Waals surface area contributed by atoms with Gasteiger partial charge in [-0.25, -0.2) is 0 Å². The van der Waals surface area contributed by atoms with Crippen molar-refractivity contribution in [3.05, 3.63) is 12.7 Å². The van der Waals surface area contributed by atoms with Crippen molar-refractivity contribution in [2.24, 2.45) is 0 Å². The minimum atomic E-state index is -0.176. The van der Waals surface area contributed by atoms with E-state index in [1.165, 1.54) is 0 Å². The summed E-state index contributed by atoms with van der Waals surface area (Å²) in [5, 5.41) is 0. The normalized spacial score (nSPS) is 7.22. The lowest BCUT2D eigenvalue weighted by Gasteiger charge is -1.94. The lowest BCUT2D eigenvalue weighted by atomic mass is 10.5. The topological polar surface area (TPSA) is 57.8 Å². The average molecular weight is 132 g/mol. The summed E-state index contributed by atoms with van der Waals surface area (Å²) in [4.78, 5) is 10.3. The van der Waals surface area contributed by atoms with Crippen molar-refractivity contribution in [2.45, 2.75) is 13.3 Å². The second-order valence-corrected chi connectivity index (χ2v) is 1.33. The van der Waals surface area contributed by atoms with Crippen LogP contribution < -0.4 is 0 Å². The van der Waals surface area contributed by atoms with Gasteiger partial charge in [-0.3, -0.25) is 4.79 Å². The third-order valence-electron chi connectivity index (χ3n) is 0.651. The molecule has 0 unspecified atom stereocenters. The van der Waals surface area contributed by atoms with Crippen molar-refractivity contribution >= 4 is 5.97 Å². The Hall–Kier alpha value is -0.830. The summed E-state index contributed by atoms with van der Waals surface area (Å²) in [5.41, 5.74) is 0. The van der Waals surface area contributed by atoms with Crippen LogP contribution in [0.1, 0.15) is 13.3 Å². The van der Waals surface area contributed by atoms with Crippen LogP contribution in [0.3, 0.4) is 0 Å². The van der Waals surface area contributed by atoms with E-state index in [0.29, 0.717) is 13.0 Å². The van der Waals surface area contributed by atoms with E-state index in [1.807, 2.05) is 0 Å². The van der Waals surface area contributed by atoms with E-state index in [9.17, 15) is 4.79 Å². The van der Waals surface area contributed by atoms with Gasteiger partial charge in [0.1, 0.15) is 6.61 Å². The number of rotatable bonds is 3. The molecule has 0 bridgehead atoms. The highest BCUT2D eigenvalue weighted by molar-refractivity contribution is 5.68. The highest BCUT2D eigenvalue weighted by Crippen LogP contribution is 1.82. The molecule has 0 aliphatic rings. The molecular weight excluding hydrogens is 120 g/mol. The minimum absolute atomic E-state index is 0. The van der Waals surface area contributed by atoms with Crippen LogP contribution in [0.4, 0.5) is 0 Å². The zero-order valence-corrected chi connectivity index (χ0v) is 5.52. The van der Waals surface area contributed by atoms with E-state index in [4.69, 9.17) is 0 Å². The van der Waals surface area contributed by atoms with Gasteiger partial charge in [0.15, 0.2) is 0 Å². The van der Waals surface area contributed by atoms with Gasteiger partial charge in [-0.15, -0.1) is 0 Å². The maximum absolute atomic E-state index is 10.3. The molecule has 0 aliphatic heterocycles. The molecule has 0 aromatic heterocycles. The Labute approximate surface area is 54.6 Å². The van der Waals surface area contributed by atoms with Crippen LogP contribution >= 0.6 is 0 Å². The molecule has 0 rings (SSSR count). The molecule has 3 nitrogen and oxygen atoms in total. The van der Waals surface area contributed by atoms with E-state index in [2.05, 4.69) is 11.3 Å². The fraction of sp³-hybridized carbons (Fsp3) is 0.500. The largest absolute Gasteiger partial charge is 0.461 e. The van der Waals surface area contributed by atoms with Crippen LogP contribution in [-0.4, -0.2) is 18.1 Å². The number of ether oxygens (including phenoxy) is 1. The fourth-order valence-electron chi connectivity index (χ4n) is 0.254. The molecule has 0 saturated carbocycles. The predicted molar refractivity (Wildman–Crippen MR) is 35.1 cm³/mol. The molecule has 0 amide bonds. The number of carbonyl (C=O) groups is 1. The first kappa shape index (κ1) is 11.0. The second kappa shape index (κ2) is 7.17. The first-order valence-corrected chi connectivity index (χ1v) is 2.57. The molecular formula is C6H12O3. The molecule has 0 spiro atoms. The average Bonchev–Trinajstić information content (AvgIpc) is 1.83. The van der Waals surface area contributed by atoms with Gasteiger partial charge in [-0.1, -0.05) is 19.6 Å². The Bertz CT molecular complexity index is 88.3. The van der Waals surface area contributed by atoms with Crippen LogP contribution in [0, 0.1) is 0 Å². The van der Waals surface area contributed by atoms with Crippen molar-refractivity contribution < 1.29 is 15.0 Å². The highest BCUT2D eigenvalue weighted by Gasteiger charge is 1.92. The van der Waals surface area contributed by atoms with Crippen molar-refractivity contribution in [1.82, 2.24) is 0 Å². The molecule has 0 aromatic rings. The zero-order valence-electron chi connectivity index (χ0n) is 5.52. The third kappa shape index (κ3) is 7.17. The van der Waals surface area contributed by atoms with Crippen LogP contribution in [0.25, 0.3) is 0 Å². The molecule has 2 N–H and O–H groups in total. The van der Waals surface area contributed by atoms with Gasteiger partial charge in [0.2, 0.25) is 0 Å². The maximum atomic E-state index is 10.3. The first-order chi connectivity index (χ1) is 3.81. The molecule has 0 heterocycles. The van der Waals surface area contributed by atoms with Crippen molar-refractivity contribution in [1.29, 1.82) is 0 Å². The summed E-state index contributed by atoms with van der Waals surface area (Å²) in [5.74, 6) is -0.176. The van der Waals surface area contributed by atoms with Crippen molar-refractivity contribution in [2.75, 3.05) is 6.61 Å². The molecule has 0 aromatic carbocycles. The van der Waals surface area contributed by atoms with Gasteiger partial charge < -0.3 is 10.2 Å². The van der Waals surface area contributed by atoms with Gasteiger partial charge in [0.05, 0.1) is 0 Å². The molecule has 0 aliphatic carbocycles. The summed E-state index contributed by atoms with van der Waals surface area (Å²) in [6.07, 6.45) is 1.99. The summed E-state index contributed by atoms with van der Waals surface area (Å²) in [6, 6.07) is 0. The minimum Gasteiger partial charge on any atom is -0.461 e. The maximum Gasteiger partial charge on any atom is 0.305 e. The summed E-state index contributed by atoms with van der Waals surface area (Å²) >= 11 is 0. The lowest BCUT2D eigenvalue weighted by Crippen LogP contribution is -2.00. The Morgan fingerprint density at radius 1 is 1.78 bits per heavy atom. The SMILES string of the molecule is C=CCOC(=O)CC.O. The first-order valence-electron chi connectivity index (χ1n) is 2.57. The van der Waals surface area contributed by atoms with Crippen LogP contribution in [0.15, 0.2) is 12.7 Å². The molecule has 9 heavy (non-hydrogen) atoms. The van der Waals surface area contributed by atoms with Crippen molar-refractivity contribution in [3.63, 3.8) is 0 Å². The van der Waals surface area contributed by atoms with Gasteiger partial charge in [0.25, 0.3) is 0 Å². The molecule has 0 atom stereocenters. The van der Waals surface area contributed by atoms with Crippen LogP contribution in [0.5, 0.6) is 0 Å². The summed E-state index contributed by atoms with van der Waals surface area (Å²) in [7, 11) is 0. The number of hydrogen-bond donors (Lipinski definition) is 0. The van der Waals surface area contributed by atoms with E-state index < -0.39 is 0 Å². The molecule has 0 fully saturated rings. The number of esters is 1. The van der Waals surface area contributed by atoms with E-state index in [-0.39, 0.29) is 11.4 Å². The highest BCUT2D eigenvalue weighted by atomic mass is 16.5. The fourth-order valence-corrected chi connectivity index (χ4v) is 0.254. The summed E-state index contributed by atoms with van der Waals surface area (Å²) in [6.45, 7) is 5.47. The lowest BCUT2D eigenvalue weighted by molar-refractivity contribution is -0.141. The van der Waals surface area contributed by atoms with Crippen LogP contribution in [0.2, 0.25) is 0 Å². The Balaban J connectivity index is 0. The Morgan fingerprint density at radius 2 is 2.33 bits per heavy atom. The monoisotopic (exact) mass is 132 g/mol. The number of hydrogen-bond acceptors (Lipinski definition) is 2. The van der Waals surface area contributed by atoms with E-state index in [1.54, 1.807) is 13.0 Å². The number of carbonyl (C=O) groups excluding carboxylic acids is 1. The van der Waals surface area contributed by atoms with Crippen LogP contribution in [-0.2, 0) is 9.53 Å². The quantitative estimate of drug-likeness (QED) is 0.409. The third-order valence-corrected chi connectivity index (χ3v) is 0.651. The molecule has 0 saturated heterocycles.